The van der Waals surface area contributed by atoms with Crippen molar-refractivity contribution < 1.29 is 14.3 Å². The van der Waals surface area contributed by atoms with Crippen LogP contribution in [0.4, 0.5) is 4.79 Å². The number of ether oxygens (including phenoxy) is 1. The summed E-state index contributed by atoms with van der Waals surface area (Å²) in [5.41, 5.74) is -0.468. The van der Waals surface area contributed by atoms with Gasteiger partial charge in [-0.15, -0.1) is 0 Å². The van der Waals surface area contributed by atoms with Crippen molar-refractivity contribution >= 4 is 12.0 Å². The molecule has 0 aliphatic heterocycles. The fraction of sp³-hybridized carbons (Fsp3) is 0.833. The van der Waals surface area contributed by atoms with Crippen LogP contribution in [0, 0.1) is 0 Å². The first-order valence-corrected chi connectivity index (χ1v) is 6.23. The van der Waals surface area contributed by atoms with Crippen molar-refractivity contribution in [1.82, 2.24) is 16.0 Å². The first-order chi connectivity index (χ1) is 8.30. The van der Waals surface area contributed by atoms with Gasteiger partial charge < -0.3 is 20.7 Å². The molecule has 1 aliphatic carbocycles. The molecule has 18 heavy (non-hydrogen) atoms. The second kappa shape index (κ2) is 6.04. The summed E-state index contributed by atoms with van der Waals surface area (Å²) in [7, 11) is 1.61. The number of alkyl carbamates (subject to hydrolysis) is 1. The minimum Gasteiger partial charge on any atom is -0.444 e. The quantitative estimate of drug-likeness (QED) is 0.680. The Balaban J connectivity index is 2.12. The van der Waals surface area contributed by atoms with Crippen molar-refractivity contribution in [1.29, 1.82) is 0 Å². The smallest absolute Gasteiger partial charge is 0.407 e. The topological polar surface area (TPSA) is 79.5 Å². The summed E-state index contributed by atoms with van der Waals surface area (Å²) in [5, 5.41) is 8.47. The van der Waals surface area contributed by atoms with Crippen LogP contribution < -0.4 is 16.0 Å². The third-order valence-electron chi connectivity index (χ3n) is 2.69. The maximum Gasteiger partial charge on any atom is 0.407 e. The molecule has 1 fully saturated rings. The highest BCUT2D eigenvalue weighted by molar-refractivity contribution is 5.77. The molecule has 0 aromatic carbocycles. The van der Waals surface area contributed by atoms with E-state index in [0.29, 0.717) is 12.6 Å². The predicted molar refractivity (Wildman–Crippen MR) is 68.2 cm³/mol. The lowest BCUT2D eigenvalue weighted by Gasteiger charge is -2.36. The molecule has 1 rings (SSSR count). The van der Waals surface area contributed by atoms with Crippen LogP contribution in [-0.4, -0.2) is 43.3 Å². The van der Waals surface area contributed by atoms with Gasteiger partial charge in [0.2, 0.25) is 5.91 Å². The Kier molecular flexibility index (Phi) is 4.95. The molecule has 0 aromatic heterocycles. The average molecular weight is 257 g/mol. The van der Waals surface area contributed by atoms with Crippen molar-refractivity contribution in [2.75, 3.05) is 13.6 Å². The summed E-state index contributed by atoms with van der Waals surface area (Å²) in [6.45, 7) is 5.82. The molecule has 6 nitrogen and oxygen atoms in total. The van der Waals surface area contributed by atoms with Gasteiger partial charge in [-0.25, -0.2) is 4.79 Å². The largest absolute Gasteiger partial charge is 0.444 e. The third-order valence-corrected chi connectivity index (χ3v) is 2.69. The van der Waals surface area contributed by atoms with E-state index in [1.807, 2.05) is 20.8 Å². The molecule has 0 bridgehead atoms. The van der Waals surface area contributed by atoms with E-state index in [0.717, 1.165) is 12.8 Å². The number of carbonyl (C=O) groups is 2. The van der Waals surface area contributed by atoms with Crippen LogP contribution in [0.1, 0.15) is 33.6 Å². The van der Waals surface area contributed by atoms with Gasteiger partial charge in [0.15, 0.2) is 0 Å². The fourth-order valence-electron chi connectivity index (χ4n) is 1.70. The Morgan fingerprint density at radius 3 is 2.33 bits per heavy atom. The molecule has 0 unspecified atom stereocenters. The van der Waals surface area contributed by atoms with Gasteiger partial charge in [0.05, 0.1) is 6.54 Å². The Morgan fingerprint density at radius 2 is 1.83 bits per heavy atom. The van der Waals surface area contributed by atoms with Crippen molar-refractivity contribution in [3.8, 4) is 0 Å². The Bertz CT molecular complexity index is 306. The summed E-state index contributed by atoms with van der Waals surface area (Å²) in [4.78, 5) is 22.5. The average Bonchev–Trinajstić information content (AvgIpc) is 2.17. The number of likely N-dealkylation sites (N-methyl/N-ethyl adjacent to an activating group) is 1. The van der Waals surface area contributed by atoms with Crippen LogP contribution in [0.25, 0.3) is 0 Å². The number of hydrogen-bond acceptors (Lipinski definition) is 4. The SMILES string of the molecule is CNC(=O)CNC1CC(NC(=O)OC(C)(C)C)C1. The fourth-order valence-corrected chi connectivity index (χ4v) is 1.70. The van der Waals surface area contributed by atoms with Gasteiger partial charge >= 0.3 is 6.09 Å². The van der Waals surface area contributed by atoms with Crippen molar-refractivity contribution in [3.63, 3.8) is 0 Å². The van der Waals surface area contributed by atoms with Crippen LogP contribution >= 0.6 is 0 Å². The third kappa shape index (κ3) is 5.35. The van der Waals surface area contributed by atoms with E-state index >= 15 is 0 Å². The van der Waals surface area contributed by atoms with E-state index in [-0.39, 0.29) is 18.0 Å². The number of nitrogens with one attached hydrogen (secondary N) is 3. The monoisotopic (exact) mass is 257 g/mol. The molecule has 0 heterocycles. The molecule has 2 amide bonds. The molecule has 6 heteroatoms. The second-order valence-electron chi connectivity index (χ2n) is 5.57. The Labute approximate surface area is 108 Å². The molecule has 1 aliphatic rings. The molecular formula is C12H23N3O3. The molecule has 3 N–H and O–H groups in total. The van der Waals surface area contributed by atoms with Crippen LogP contribution in [-0.2, 0) is 9.53 Å². The summed E-state index contributed by atoms with van der Waals surface area (Å²) < 4.78 is 5.16. The van der Waals surface area contributed by atoms with E-state index in [2.05, 4.69) is 16.0 Å². The van der Waals surface area contributed by atoms with Crippen LogP contribution in [0.15, 0.2) is 0 Å². The number of hydrogen-bond donors (Lipinski definition) is 3. The molecule has 0 aromatic rings. The second-order valence-corrected chi connectivity index (χ2v) is 5.57. The van der Waals surface area contributed by atoms with E-state index < -0.39 is 5.60 Å². The zero-order valence-electron chi connectivity index (χ0n) is 11.5. The Morgan fingerprint density at radius 1 is 1.22 bits per heavy atom. The van der Waals surface area contributed by atoms with Crippen molar-refractivity contribution in [3.05, 3.63) is 0 Å². The van der Waals surface area contributed by atoms with Gasteiger partial charge in [0, 0.05) is 19.1 Å². The molecular weight excluding hydrogens is 234 g/mol. The lowest BCUT2D eigenvalue weighted by atomic mass is 9.87. The summed E-state index contributed by atoms with van der Waals surface area (Å²) in [5.74, 6) is -0.0291. The maximum atomic E-state index is 11.5. The molecule has 0 atom stereocenters. The lowest BCUT2D eigenvalue weighted by molar-refractivity contribution is -0.120. The van der Waals surface area contributed by atoms with Gasteiger partial charge in [0.1, 0.15) is 5.60 Å². The van der Waals surface area contributed by atoms with Crippen LogP contribution in [0.3, 0.4) is 0 Å². The molecule has 0 spiro atoms. The minimum absolute atomic E-state index is 0.0291. The van der Waals surface area contributed by atoms with Crippen molar-refractivity contribution in [2.24, 2.45) is 0 Å². The molecule has 1 saturated carbocycles. The highest BCUT2D eigenvalue weighted by atomic mass is 16.6. The predicted octanol–water partition coefficient (Wildman–Crippen LogP) is 0.378. The first kappa shape index (κ1) is 14.8. The highest BCUT2D eigenvalue weighted by Gasteiger charge is 2.31. The van der Waals surface area contributed by atoms with Crippen LogP contribution in [0.2, 0.25) is 0 Å². The molecule has 104 valence electrons. The van der Waals surface area contributed by atoms with Gasteiger partial charge in [0.25, 0.3) is 0 Å². The highest BCUT2D eigenvalue weighted by Crippen LogP contribution is 2.20. The van der Waals surface area contributed by atoms with Crippen LogP contribution in [0.5, 0.6) is 0 Å². The zero-order chi connectivity index (χ0) is 13.8. The normalized spacial score (nSPS) is 22.9. The number of carbonyl (C=O) groups excluding carboxylic acids is 2. The summed E-state index contributed by atoms with van der Waals surface area (Å²) in [6, 6.07) is 0.435. The first-order valence-electron chi connectivity index (χ1n) is 6.23. The number of amides is 2. The van der Waals surface area contributed by atoms with E-state index in [1.54, 1.807) is 7.05 Å². The van der Waals surface area contributed by atoms with E-state index in [9.17, 15) is 9.59 Å². The molecule has 0 saturated heterocycles. The lowest BCUT2D eigenvalue weighted by Crippen LogP contribution is -2.54. The van der Waals surface area contributed by atoms with E-state index in [4.69, 9.17) is 4.74 Å². The van der Waals surface area contributed by atoms with Gasteiger partial charge in [-0.3, -0.25) is 4.79 Å². The molecule has 0 radical (unpaired) electrons. The minimum atomic E-state index is -0.468. The van der Waals surface area contributed by atoms with E-state index in [1.165, 1.54) is 0 Å². The zero-order valence-corrected chi connectivity index (χ0v) is 11.5. The standard InChI is InChI=1S/C12H23N3O3/c1-12(2,3)18-11(17)15-9-5-8(6-9)14-7-10(16)13-4/h8-9,14H,5-7H2,1-4H3,(H,13,16)(H,15,17). The Hall–Kier alpha value is -1.30. The maximum absolute atomic E-state index is 11.5. The van der Waals surface area contributed by atoms with Gasteiger partial charge in [-0.1, -0.05) is 0 Å². The summed E-state index contributed by atoms with van der Waals surface area (Å²) >= 11 is 0. The van der Waals surface area contributed by atoms with Crippen molar-refractivity contribution in [2.45, 2.75) is 51.3 Å². The number of rotatable bonds is 4. The van der Waals surface area contributed by atoms with Gasteiger partial charge in [-0.2, -0.15) is 0 Å². The summed E-state index contributed by atoms with van der Waals surface area (Å²) in [6.07, 6.45) is 1.28. The van der Waals surface area contributed by atoms with Gasteiger partial charge in [-0.05, 0) is 33.6 Å².